The first kappa shape index (κ1) is 15.4. The van der Waals surface area contributed by atoms with E-state index in [9.17, 15) is 9.59 Å². The van der Waals surface area contributed by atoms with Crippen molar-refractivity contribution < 1.29 is 14.7 Å². The highest BCUT2D eigenvalue weighted by Crippen LogP contribution is 2.23. The van der Waals surface area contributed by atoms with Crippen LogP contribution in [0.4, 0.5) is 0 Å². The van der Waals surface area contributed by atoms with Crippen molar-refractivity contribution in [1.82, 2.24) is 5.32 Å². The summed E-state index contributed by atoms with van der Waals surface area (Å²) < 4.78 is 1.03. The van der Waals surface area contributed by atoms with Crippen molar-refractivity contribution in [3.63, 3.8) is 0 Å². The Morgan fingerprint density at radius 3 is 2.56 bits per heavy atom. The molecule has 1 rings (SSSR count). The van der Waals surface area contributed by atoms with E-state index < -0.39 is 11.5 Å². The maximum atomic E-state index is 12.1. The van der Waals surface area contributed by atoms with Gasteiger partial charge in [0.25, 0.3) is 5.91 Å². The molecule has 0 aromatic carbocycles. The van der Waals surface area contributed by atoms with E-state index in [1.54, 1.807) is 18.4 Å². The van der Waals surface area contributed by atoms with Crippen LogP contribution >= 0.6 is 33.9 Å². The quantitative estimate of drug-likeness (QED) is 0.771. The molecule has 2 N–H and O–H groups in total. The van der Waals surface area contributed by atoms with Crippen LogP contribution in [0.1, 0.15) is 37.6 Å². The van der Waals surface area contributed by atoms with Gasteiger partial charge in [-0.2, -0.15) is 0 Å². The van der Waals surface area contributed by atoms with Crippen LogP contribution in [0.2, 0.25) is 0 Å². The lowest BCUT2D eigenvalue weighted by Crippen LogP contribution is -2.51. The van der Waals surface area contributed by atoms with Crippen molar-refractivity contribution >= 4 is 45.8 Å². The van der Waals surface area contributed by atoms with Crippen molar-refractivity contribution in [3.05, 3.63) is 19.9 Å². The van der Waals surface area contributed by atoms with Gasteiger partial charge in [-0.1, -0.05) is 13.8 Å². The number of carboxylic acid groups (broad SMARTS) is 1. The minimum atomic E-state index is -0.911. The average molecular weight is 381 g/mol. The fourth-order valence-corrected chi connectivity index (χ4v) is 2.79. The van der Waals surface area contributed by atoms with E-state index in [4.69, 9.17) is 5.11 Å². The second kappa shape index (κ2) is 6.01. The Morgan fingerprint density at radius 1 is 1.56 bits per heavy atom. The number of rotatable bonds is 5. The molecule has 0 aliphatic carbocycles. The highest BCUT2D eigenvalue weighted by Gasteiger charge is 2.33. The predicted molar refractivity (Wildman–Crippen MR) is 80.0 cm³/mol. The number of hydrogen-bond acceptors (Lipinski definition) is 3. The summed E-state index contributed by atoms with van der Waals surface area (Å²) >= 11 is 3.64. The summed E-state index contributed by atoms with van der Waals surface area (Å²) in [6.45, 7) is 5.57. The molecule has 1 heterocycles. The normalized spacial score (nSPS) is 14.3. The number of hydrogen-bond donors (Lipinski definition) is 2. The second-order valence-corrected chi connectivity index (χ2v) is 7.54. The van der Waals surface area contributed by atoms with Gasteiger partial charge in [0.05, 0.1) is 20.4 Å². The lowest BCUT2D eigenvalue weighted by Gasteiger charge is -2.33. The molecule has 0 bridgehead atoms. The molecule has 6 heteroatoms. The predicted octanol–water partition coefficient (Wildman–Crippen LogP) is 2.97. The number of carbonyl (C=O) groups is 2. The first-order valence-electron chi connectivity index (χ1n) is 5.53. The topological polar surface area (TPSA) is 66.4 Å². The summed E-state index contributed by atoms with van der Waals surface area (Å²) in [5.74, 6) is -1.09. The van der Waals surface area contributed by atoms with Crippen molar-refractivity contribution in [1.29, 1.82) is 0 Å². The Morgan fingerprint density at radius 2 is 2.17 bits per heavy atom. The van der Waals surface area contributed by atoms with Gasteiger partial charge in [0.15, 0.2) is 0 Å². The first-order chi connectivity index (χ1) is 8.24. The van der Waals surface area contributed by atoms with E-state index in [0.29, 0.717) is 5.56 Å². The molecule has 0 saturated heterocycles. The van der Waals surface area contributed by atoms with Crippen LogP contribution in [-0.4, -0.2) is 22.5 Å². The summed E-state index contributed by atoms with van der Waals surface area (Å²) in [6, 6.07) is 1.79. The van der Waals surface area contributed by atoms with Gasteiger partial charge in [-0.3, -0.25) is 9.59 Å². The van der Waals surface area contributed by atoms with Gasteiger partial charge < -0.3 is 10.4 Å². The Kier molecular flexibility index (Phi) is 5.15. The molecular formula is C12H16INO3S. The summed E-state index contributed by atoms with van der Waals surface area (Å²) in [5.41, 5.74) is -0.155. The summed E-state index contributed by atoms with van der Waals surface area (Å²) in [6.07, 6.45) is -0.0857. The third kappa shape index (κ3) is 3.94. The van der Waals surface area contributed by atoms with Crippen molar-refractivity contribution in [2.24, 2.45) is 5.92 Å². The number of halogens is 1. The van der Waals surface area contributed by atoms with Crippen molar-refractivity contribution in [3.8, 4) is 0 Å². The SMILES string of the molecule is CC(C)C(C)(CC(=O)O)NC(=O)c1csc(I)c1. The highest BCUT2D eigenvalue weighted by atomic mass is 127. The van der Waals surface area contributed by atoms with Crippen LogP contribution in [0.3, 0.4) is 0 Å². The van der Waals surface area contributed by atoms with Crippen LogP contribution < -0.4 is 5.32 Å². The number of nitrogens with one attached hydrogen (secondary N) is 1. The van der Waals surface area contributed by atoms with E-state index in [-0.39, 0.29) is 18.2 Å². The zero-order chi connectivity index (χ0) is 13.9. The number of amides is 1. The standard InChI is InChI=1S/C12H16INO3S/c1-7(2)12(3,5-10(15)16)14-11(17)8-4-9(13)18-6-8/h4,6-7H,5H2,1-3H3,(H,14,17)(H,15,16). The van der Waals surface area contributed by atoms with E-state index in [1.807, 2.05) is 13.8 Å². The van der Waals surface area contributed by atoms with E-state index in [2.05, 4.69) is 27.9 Å². The average Bonchev–Trinajstić information content (AvgIpc) is 2.63. The van der Waals surface area contributed by atoms with Gasteiger partial charge in [-0.25, -0.2) is 0 Å². The summed E-state index contributed by atoms with van der Waals surface area (Å²) in [5, 5.41) is 13.5. The number of thiophene rings is 1. The van der Waals surface area contributed by atoms with Gasteiger partial charge in [0.2, 0.25) is 0 Å². The largest absolute Gasteiger partial charge is 0.481 e. The van der Waals surface area contributed by atoms with Gasteiger partial charge in [-0.05, 0) is 41.5 Å². The van der Waals surface area contributed by atoms with Crippen LogP contribution in [0.25, 0.3) is 0 Å². The Hall–Kier alpha value is -0.630. The molecule has 1 amide bonds. The first-order valence-corrected chi connectivity index (χ1v) is 7.49. The summed E-state index contributed by atoms with van der Waals surface area (Å²) in [7, 11) is 0. The molecule has 0 aliphatic heterocycles. The zero-order valence-electron chi connectivity index (χ0n) is 10.5. The third-order valence-electron chi connectivity index (χ3n) is 3.02. The number of aliphatic carboxylic acids is 1. The van der Waals surface area contributed by atoms with Crippen LogP contribution in [0.15, 0.2) is 11.4 Å². The molecule has 0 spiro atoms. The molecule has 4 nitrogen and oxygen atoms in total. The van der Waals surface area contributed by atoms with Crippen molar-refractivity contribution in [2.45, 2.75) is 32.7 Å². The highest BCUT2D eigenvalue weighted by molar-refractivity contribution is 14.1. The summed E-state index contributed by atoms with van der Waals surface area (Å²) in [4.78, 5) is 22.9. The molecule has 0 radical (unpaired) electrons. The molecule has 1 aromatic rings. The van der Waals surface area contributed by atoms with Crippen LogP contribution in [0.5, 0.6) is 0 Å². The monoisotopic (exact) mass is 381 g/mol. The second-order valence-electron chi connectivity index (χ2n) is 4.74. The minimum Gasteiger partial charge on any atom is -0.481 e. The van der Waals surface area contributed by atoms with Crippen molar-refractivity contribution in [2.75, 3.05) is 0 Å². The molecule has 100 valence electrons. The zero-order valence-corrected chi connectivity index (χ0v) is 13.5. The van der Waals surface area contributed by atoms with Gasteiger partial charge in [0, 0.05) is 5.38 Å². The maximum absolute atomic E-state index is 12.1. The van der Waals surface area contributed by atoms with Gasteiger partial charge in [-0.15, -0.1) is 11.3 Å². The Balaban J connectivity index is 2.84. The van der Waals surface area contributed by atoms with Crippen LogP contribution in [-0.2, 0) is 4.79 Å². The Bertz CT molecular complexity index is 458. The minimum absolute atomic E-state index is 0.0373. The smallest absolute Gasteiger partial charge is 0.305 e. The molecule has 0 fully saturated rings. The van der Waals surface area contributed by atoms with Crippen LogP contribution in [0, 0.1) is 8.80 Å². The maximum Gasteiger partial charge on any atom is 0.305 e. The molecule has 18 heavy (non-hydrogen) atoms. The van der Waals surface area contributed by atoms with E-state index in [1.165, 1.54) is 11.3 Å². The molecule has 1 aromatic heterocycles. The molecule has 1 atom stereocenters. The fraction of sp³-hybridized carbons (Fsp3) is 0.500. The van der Waals surface area contributed by atoms with E-state index >= 15 is 0 Å². The molecule has 1 unspecified atom stereocenters. The van der Waals surface area contributed by atoms with E-state index in [0.717, 1.165) is 2.88 Å². The molecule has 0 saturated carbocycles. The Labute approximate surface area is 124 Å². The fourth-order valence-electron chi connectivity index (χ4n) is 1.47. The van der Waals surface area contributed by atoms with Gasteiger partial charge >= 0.3 is 5.97 Å². The third-order valence-corrected chi connectivity index (χ3v) is 4.81. The lowest BCUT2D eigenvalue weighted by atomic mass is 9.85. The number of carbonyl (C=O) groups excluding carboxylic acids is 1. The number of carboxylic acids is 1. The lowest BCUT2D eigenvalue weighted by molar-refractivity contribution is -0.138. The van der Waals surface area contributed by atoms with Gasteiger partial charge in [0.1, 0.15) is 0 Å². The molecule has 0 aliphatic rings. The molecular weight excluding hydrogens is 365 g/mol.